The molecule has 3 rings (SSSR count). The largest absolute Gasteiger partial charge is 0.241 e. The molecular formula is C15H18N6S. The normalized spacial score (nSPS) is 11.2. The number of para-hydroxylation sites is 1. The van der Waals surface area contributed by atoms with E-state index in [4.69, 9.17) is 0 Å². The summed E-state index contributed by atoms with van der Waals surface area (Å²) in [5, 5.41) is 17.1. The molecule has 0 bridgehead atoms. The van der Waals surface area contributed by atoms with Crippen LogP contribution in [0.25, 0.3) is 5.69 Å². The maximum atomic E-state index is 4.40. The van der Waals surface area contributed by atoms with Gasteiger partial charge in [-0.2, -0.15) is 5.10 Å². The molecular weight excluding hydrogens is 296 g/mol. The Morgan fingerprint density at radius 2 is 2.00 bits per heavy atom. The Labute approximate surface area is 133 Å². The fourth-order valence-electron chi connectivity index (χ4n) is 2.06. The van der Waals surface area contributed by atoms with Crippen molar-refractivity contribution in [2.75, 3.05) is 0 Å². The van der Waals surface area contributed by atoms with Crippen molar-refractivity contribution in [3.05, 3.63) is 48.3 Å². The lowest BCUT2D eigenvalue weighted by Crippen LogP contribution is -2.07. The molecule has 7 heteroatoms. The molecule has 0 aliphatic carbocycles. The molecule has 0 fully saturated rings. The first-order valence-corrected chi connectivity index (χ1v) is 8.19. The van der Waals surface area contributed by atoms with Gasteiger partial charge in [0, 0.05) is 24.1 Å². The average molecular weight is 314 g/mol. The van der Waals surface area contributed by atoms with E-state index < -0.39 is 0 Å². The molecule has 2 heterocycles. The number of nitrogens with zero attached hydrogens (tertiary/aromatic N) is 6. The highest BCUT2D eigenvalue weighted by atomic mass is 32.2. The van der Waals surface area contributed by atoms with Crippen LogP contribution in [0.15, 0.2) is 47.9 Å². The van der Waals surface area contributed by atoms with Gasteiger partial charge in [-0.1, -0.05) is 43.8 Å². The van der Waals surface area contributed by atoms with E-state index in [9.17, 15) is 0 Å². The van der Waals surface area contributed by atoms with Gasteiger partial charge in [0.25, 0.3) is 0 Å². The second-order valence-corrected chi connectivity index (χ2v) is 6.40. The Morgan fingerprint density at radius 3 is 2.77 bits per heavy atom. The van der Waals surface area contributed by atoms with Crippen molar-refractivity contribution in [1.82, 2.24) is 30.0 Å². The molecule has 114 valence electrons. The summed E-state index contributed by atoms with van der Waals surface area (Å²) in [6.45, 7) is 5.14. The monoisotopic (exact) mass is 314 g/mol. The molecule has 0 aliphatic rings. The highest BCUT2D eigenvalue weighted by Crippen LogP contribution is 2.21. The number of hydrogen-bond donors (Lipinski definition) is 0. The Bertz CT molecular complexity index is 718. The molecule has 3 aromatic rings. The first-order valence-electron chi connectivity index (χ1n) is 7.20. The molecule has 0 amide bonds. The van der Waals surface area contributed by atoms with Crippen molar-refractivity contribution in [3.8, 4) is 5.69 Å². The van der Waals surface area contributed by atoms with Gasteiger partial charge in [-0.05, 0) is 28.5 Å². The molecule has 22 heavy (non-hydrogen) atoms. The van der Waals surface area contributed by atoms with Gasteiger partial charge in [0.15, 0.2) is 0 Å². The SMILES string of the molecule is CC(C)Cn1nnnc1SCc1cnn(-c2ccccc2)c1. The van der Waals surface area contributed by atoms with Crippen molar-refractivity contribution in [3.63, 3.8) is 0 Å². The molecule has 0 spiro atoms. The summed E-state index contributed by atoms with van der Waals surface area (Å²) in [4.78, 5) is 0. The van der Waals surface area contributed by atoms with E-state index in [1.54, 1.807) is 11.8 Å². The van der Waals surface area contributed by atoms with Gasteiger partial charge in [-0.15, -0.1) is 5.10 Å². The number of tetrazole rings is 1. The van der Waals surface area contributed by atoms with Crippen molar-refractivity contribution in [2.45, 2.75) is 31.3 Å². The maximum Gasteiger partial charge on any atom is 0.209 e. The molecule has 0 atom stereocenters. The summed E-state index contributed by atoms with van der Waals surface area (Å²) in [5.41, 5.74) is 2.20. The summed E-state index contributed by atoms with van der Waals surface area (Å²) < 4.78 is 3.74. The minimum atomic E-state index is 0.517. The van der Waals surface area contributed by atoms with Crippen LogP contribution in [0.4, 0.5) is 0 Å². The van der Waals surface area contributed by atoms with E-state index in [1.807, 2.05) is 52.1 Å². The molecule has 0 radical (unpaired) electrons. The standard InChI is InChI=1S/C15H18N6S/c1-12(2)9-21-15(17-18-19-21)22-11-13-8-16-20(10-13)14-6-4-3-5-7-14/h3-8,10,12H,9,11H2,1-2H3. The minimum Gasteiger partial charge on any atom is -0.241 e. The van der Waals surface area contributed by atoms with E-state index in [1.165, 1.54) is 0 Å². The van der Waals surface area contributed by atoms with Gasteiger partial charge >= 0.3 is 0 Å². The van der Waals surface area contributed by atoms with Crippen LogP contribution in [-0.2, 0) is 12.3 Å². The summed E-state index contributed by atoms with van der Waals surface area (Å²) in [6.07, 6.45) is 3.93. The number of benzene rings is 1. The summed E-state index contributed by atoms with van der Waals surface area (Å²) >= 11 is 1.63. The molecule has 6 nitrogen and oxygen atoms in total. The van der Waals surface area contributed by atoms with Crippen LogP contribution < -0.4 is 0 Å². The Morgan fingerprint density at radius 1 is 1.18 bits per heavy atom. The zero-order chi connectivity index (χ0) is 15.4. The average Bonchev–Trinajstić information content (AvgIpc) is 3.15. The lowest BCUT2D eigenvalue weighted by Gasteiger charge is -2.05. The summed E-state index contributed by atoms with van der Waals surface area (Å²) in [5.74, 6) is 1.31. The molecule has 0 unspecified atom stereocenters. The van der Waals surface area contributed by atoms with Crippen LogP contribution in [0.2, 0.25) is 0 Å². The first kappa shape index (κ1) is 14.8. The molecule has 0 saturated heterocycles. The quantitative estimate of drug-likeness (QED) is 0.655. The second kappa shape index (κ2) is 6.74. The fraction of sp³-hybridized carbons (Fsp3) is 0.333. The number of aromatic nitrogens is 6. The lowest BCUT2D eigenvalue weighted by atomic mass is 10.2. The smallest absolute Gasteiger partial charge is 0.209 e. The van der Waals surface area contributed by atoms with Gasteiger partial charge in [-0.3, -0.25) is 0 Å². The number of thioether (sulfide) groups is 1. The van der Waals surface area contributed by atoms with Gasteiger partial charge in [0.1, 0.15) is 0 Å². The first-order chi connectivity index (χ1) is 10.7. The molecule has 0 aliphatic heterocycles. The van der Waals surface area contributed by atoms with Crippen LogP contribution in [0.1, 0.15) is 19.4 Å². The second-order valence-electron chi connectivity index (χ2n) is 5.45. The maximum absolute atomic E-state index is 4.40. The lowest BCUT2D eigenvalue weighted by molar-refractivity contribution is 0.446. The molecule has 0 N–H and O–H groups in total. The highest BCUT2D eigenvalue weighted by molar-refractivity contribution is 7.98. The van der Waals surface area contributed by atoms with Crippen molar-refractivity contribution < 1.29 is 0 Å². The Balaban J connectivity index is 1.65. The van der Waals surface area contributed by atoms with Crippen LogP contribution in [0.5, 0.6) is 0 Å². The number of hydrogen-bond acceptors (Lipinski definition) is 5. The van der Waals surface area contributed by atoms with E-state index in [0.29, 0.717) is 5.92 Å². The van der Waals surface area contributed by atoms with Crippen LogP contribution >= 0.6 is 11.8 Å². The minimum absolute atomic E-state index is 0.517. The van der Waals surface area contributed by atoms with Crippen LogP contribution in [0.3, 0.4) is 0 Å². The predicted octanol–water partition coefficient (Wildman–Crippen LogP) is 2.81. The van der Waals surface area contributed by atoms with Crippen molar-refractivity contribution in [2.24, 2.45) is 5.92 Å². The van der Waals surface area contributed by atoms with Crippen molar-refractivity contribution >= 4 is 11.8 Å². The summed E-state index contributed by atoms with van der Waals surface area (Å²) in [6, 6.07) is 10.1. The van der Waals surface area contributed by atoms with E-state index >= 15 is 0 Å². The molecule has 0 saturated carbocycles. The Kier molecular flexibility index (Phi) is 4.53. The third-order valence-corrected chi connectivity index (χ3v) is 4.09. The Hall–Kier alpha value is -2.15. The van der Waals surface area contributed by atoms with Gasteiger partial charge in [0.2, 0.25) is 5.16 Å². The molecule has 2 aromatic heterocycles. The van der Waals surface area contributed by atoms with E-state index in [-0.39, 0.29) is 0 Å². The van der Waals surface area contributed by atoms with Gasteiger partial charge in [-0.25, -0.2) is 9.36 Å². The fourth-order valence-corrected chi connectivity index (χ4v) is 2.86. The predicted molar refractivity (Wildman–Crippen MR) is 85.8 cm³/mol. The van der Waals surface area contributed by atoms with Gasteiger partial charge in [0.05, 0.1) is 11.9 Å². The topological polar surface area (TPSA) is 61.4 Å². The van der Waals surface area contributed by atoms with Crippen LogP contribution in [0, 0.1) is 5.92 Å². The van der Waals surface area contributed by atoms with Gasteiger partial charge < -0.3 is 0 Å². The van der Waals surface area contributed by atoms with E-state index in [0.717, 1.165) is 28.7 Å². The number of rotatable bonds is 6. The third kappa shape index (κ3) is 3.54. The molecule has 1 aromatic carbocycles. The zero-order valence-corrected chi connectivity index (χ0v) is 13.4. The zero-order valence-electron chi connectivity index (χ0n) is 12.6. The third-order valence-electron chi connectivity index (χ3n) is 3.06. The van der Waals surface area contributed by atoms with Crippen LogP contribution in [-0.4, -0.2) is 30.0 Å². The highest BCUT2D eigenvalue weighted by Gasteiger charge is 2.09. The van der Waals surface area contributed by atoms with Crippen molar-refractivity contribution in [1.29, 1.82) is 0 Å². The van der Waals surface area contributed by atoms with E-state index in [2.05, 4.69) is 34.5 Å². The summed E-state index contributed by atoms with van der Waals surface area (Å²) in [7, 11) is 0.